The maximum Gasteiger partial charge on any atom is 0.302 e. The number of Topliss-reactive ketones (excluding diaryl/α,β-unsaturated/α-hetero) is 1. The molecular weight excluding hydrogens is 406 g/mol. The molecule has 9 nitrogen and oxygen atoms in total. The number of nitrogens with one attached hydrogen (secondary N) is 1. The molecule has 0 spiro atoms. The number of amides is 1. The minimum atomic E-state index is -0.449. The second-order valence-electron chi connectivity index (χ2n) is 7.10. The zero-order valence-electron chi connectivity index (χ0n) is 16.8. The first kappa shape index (κ1) is 19.8. The van der Waals surface area contributed by atoms with Crippen LogP contribution in [0.1, 0.15) is 52.5 Å². The van der Waals surface area contributed by atoms with Crippen molar-refractivity contribution in [3.8, 4) is 11.3 Å². The first-order chi connectivity index (χ1) is 14.3. The number of aryl methyl sites for hydroxylation is 1. The maximum absolute atomic E-state index is 12.9. The van der Waals surface area contributed by atoms with E-state index in [1.54, 1.807) is 29.9 Å². The molecule has 0 aliphatic carbocycles. The summed E-state index contributed by atoms with van der Waals surface area (Å²) in [6.45, 7) is 7.09. The SMILES string of the molecule is CC(=O)c1c(C)nc2sc(C(=O)Nc3c[n+](C(C)C)no3)c(N)c2c1-c1ccco1. The molecule has 30 heavy (non-hydrogen) atoms. The van der Waals surface area contributed by atoms with E-state index in [0.717, 1.165) is 11.3 Å². The van der Waals surface area contributed by atoms with Gasteiger partial charge in [-0.15, -0.1) is 11.3 Å². The van der Waals surface area contributed by atoms with Crippen molar-refractivity contribution in [1.82, 2.24) is 10.3 Å². The van der Waals surface area contributed by atoms with Gasteiger partial charge in [0.1, 0.15) is 15.5 Å². The Hall–Kier alpha value is -3.53. The smallest absolute Gasteiger partial charge is 0.302 e. The summed E-state index contributed by atoms with van der Waals surface area (Å²) in [7, 11) is 0. The Morgan fingerprint density at radius 2 is 2.10 bits per heavy atom. The van der Waals surface area contributed by atoms with Crippen LogP contribution in [-0.4, -0.2) is 21.9 Å². The van der Waals surface area contributed by atoms with Crippen molar-refractivity contribution < 1.29 is 23.2 Å². The van der Waals surface area contributed by atoms with Gasteiger partial charge in [-0.2, -0.15) is 0 Å². The van der Waals surface area contributed by atoms with Crippen molar-refractivity contribution in [3.05, 3.63) is 40.7 Å². The fraction of sp³-hybridized carbons (Fsp3) is 0.250. The molecule has 10 heteroatoms. The van der Waals surface area contributed by atoms with E-state index in [0.29, 0.717) is 32.8 Å². The summed E-state index contributed by atoms with van der Waals surface area (Å²) in [6.07, 6.45) is 3.11. The molecule has 0 atom stereocenters. The quantitative estimate of drug-likeness (QED) is 0.367. The summed E-state index contributed by atoms with van der Waals surface area (Å²) >= 11 is 1.14. The number of nitrogen functional groups attached to an aromatic ring is 1. The van der Waals surface area contributed by atoms with Crippen LogP contribution in [0.15, 0.2) is 33.5 Å². The molecular formula is C20H20N5O4S+. The average molecular weight is 426 g/mol. The third kappa shape index (κ3) is 3.24. The number of hydrogen-bond donors (Lipinski definition) is 2. The number of fused-ring (bicyclic) bond motifs is 1. The van der Waals surface area contributed by atoms with Gasteiger partial charge in [0.25, 0.3) is 12.1 Å². The molecule has 0 fully saturated rings. The minimum Gasteiger partial charge on any atom is -0.464 e. The monoisotopic (exact) mass is 426 g/mol. The van der Waals surface area contributed by atoms with E-state index in [4.69, 9.17) is 14.7 Å². The Morgan fingerprint density at radius 1 is 1.33 bits per heavy atom. The lowest BCUT2D eigenvalue weighted by atomic mass is 9.97. The van der Waals surface area contributed by atoms with E-state index in [2.05, 4.69) is 15.6 Å². The first-order valence-corrected chi connectivity index (χ1v) is 10.1. The molecule has 0 aliphatic rings. The summed E-state index contributed by atoms with van der Waals surface area (Å²) in [5, 5.41) is 7.04. The average Bonchev–Trinajstić information content (AvgIpc) is 3.41. The number of hydrogen-bond acceptors (Lipinski definition) is 8. The van der Waals surface area contributed by atoms with E-state index in [-0.39, 0.29) is 28.3 Å². The lowest BCUT2D eigenvalue weighted by molar-refractivity contribution is -0.779. The topological polar surface area (TPSA) is 128 Å². The van der Waals surface area contributed by atoms with E-state index < -0.39 is 5.91 Å². The van der Waals surface area contributed by atoms with Crippen LogP contribution in [0.4, 0.5) is 11.6 Å². The Bertz CT molecular complexity index is 1270. The molecule has 4 heterocycles. The molecule has 0 saturated heterocycles. The molecule has 4 aromatic rings. The molecule has 4 rings (SSSR count). The number of aromatic nitrogens is 3. The third-order valence-electron chi connectivity index (χ3n) is 4.63. The molecule has 4 aromatic heterocycles. The lowest BCUT2D eigenvalue weighted by Crippen LogP contribution is -2.36. The van der Waals surface area contributed by atoms with Gasteiger partial charge in [-0.1, -0.05) is 0 Å². The van der Waals surface area contributed by atoms with E-state index in [1.807, 2.05) is 13.8 Å². The molecule has 0 aliphatic heterocycles. The van der Waals surface area contributed by atoms with Crippen LogP contribution in [0.5, 0.6) is 0 Å². The van der Waals surface area contributed by atoms with E-state index >= 15 is 0 Å². The number of anilines is 2. The van der Waals surface area contributed by atoms with Crippen LogP contribution in [0, 0.1) is 6.92 Å². The predicted octanol–water partition coefficient (Wildman–Crippen LogP) is 3.76. The Balaban J connectivity index is 1.85. The fourth-order valence-electron chi connectivity index (χ4n) is 3.26. The van der Waals surface area contributed by atoms with E-state index in [9.17, 15) is 9.59 Å². The highest BCUT2D eigenvalue weighted by Gasteiger charge is 2.27. The van der Waals surface area contributed by atoms with Gasteiger partial charge in [-0.3, -0.25) is 19.4 Å². The number of thiophene rings is 1. The van der Waals surface area contributed by atoms with Gasteiger partial charge in [-0.25, -0.2) is 4.98 Å². The number of rotatable bonds is 5. The highest BCUT2D eigenvalue weighted by atomic mass is 32.1. The highest BCUT2D eigenvalue weighted by Crippen LogP contribution is 2.42. The minimum absolute atomic E-state index is 0.0850. The second kappa shape index (κ2) is 7.38. The number of nitrogens with zero attached hydrogens (tertiary/aromatic N) is 3. The molecule has 0 bridgehead atoms. The van der Waals surface area contributed by atoms with Crippen molar-refractivity contribution in [1.29, 1.82) is 0 Å². The Morgan fingerprint density at radius 3 is 2.70 bits per heavy atom. The molecule has 0 aromatic carbocycles. The van der Waals surface area contributed by atoms with E-state index in [1.165, 1.54) is 13.2 Å². The standard InChI is InChI=1S/C20H19N5O4S/c1-9(2)25-8-13(29-24-25)23-19(27)18-17(21)16-15(12-6-5-7-28-12)14(11(4)26)10(3)22-20(16)30-18/h5-9H,1-4H3,(H2-,21,23,24,27)/p+1. The van der Waals surface area contributed by atoms with Gasteiger partial charge in [0.2, 0.25) is 5.27 Å². The van der Waals surface area contributed by atoms with Gasteiger partial charge in [-0.05, 0) is 44.5 Å². The molecule has 0 unspecified atom stereocenters. The summed E-state index contributed by atoms with van der Waals surface area (Å²) in [4.78, 5) is 30.6. The molecule has 3 N–H and O–H groups in total. The molecule has 1 amide bonds. The van der Waals surface area contributed by atoms with Crippen LogP contribution in [0.25, 0.3) is 21.5 Å². The van der Waals surface area contributed by atoms with Crippen LogP contribution < -0.4 is 15.7 Å². The maximum atomic E-state index is 12.9. The normalized spacial score (nSPS) is 11.4. The summed E-state index contributed by atoms with van der Waals surface area (Å²) in [6, 6.07) is 3.56. The van der Waals surface area contributed by atoms with Crippen LogP contribution in [-0.2, 0) is 0 Å². The van der Waals surface area contributed by atoms with Crippen molar-refractivity contribution in [3.63, 3.8) is 0 Å². The summed E-state index contributed by atoms with van der Waals surface area (Å²) in [5.41, 5.74) is 8.11. The zero-order valence-corrected chi connectivity index (χ0v) is 17.7. The first-order valence-electron chi connectivity index (χ1n) is 9.24. The molecule has 0 saturated carbocycles. The van der Waals surface area contributed by atoms with Crippen molar-refractivity contribution in [2.24, 2.45) is 0 Å². The number of carbonyl (C=O) groups excluding carboxylic acids is 2. The Labute approximate surface area is 175 Å². The van der Waals surface area contributed by atoms with Crippen LogP contribution >= 0.6 is 11.3 Å². The second-order valence-corrected chi connectivity index (χ2v) is 8.10. The third-order valence-corrected chi connectivity index (χ3v) is 5.73. The van der Waals surface area contributed by atoms with Gasteiger partial charge in [0.15, 0.2) is 11.8 Å². The van der Waals surface area contributed by atoms with Gasteiger partial charge in [0.05, 0.1) is 23.2 Å². The lowest BCUT2D eigenvalue weighted by Gasteiger charge is -2.10. The summed E-state index contributed by atoms with van der Waals surface area (Å²) in [5.74, 6) is 0.0746. The largest absolute Gasteiger partial charge is 0.464 e. The number of carbonyl (C=O) groups is 2. The highest BCUT2D eigenvalue weighted by molar-refractivity contribution is 7.21. The van der Waals surface area contributed by atoms with Crippen molar-refractivity contribution in [2.45, 2.75) is 33.7 Å². The fourth-order valence-corrected chi connectivity index (χ4v) is 4.30. The number of furan rings is 1. The molecule has 154 valence electrons. The number of nitrogens with two attached hydrogens (primary N) is 1. The van der Waals surface area contributed by atoms with Gasteiger partial charge in [0, 0.05) is 10.9 Å². The van der Waals surface area contributed by atoms with Crippen LogP contribution in [0.3, 0.4) is 0 Å². The zero-order chi connectivity index (χ0) is 21.6. The van der Waals surface area contributed by atoms with Gasteiger partial charge < -0.3 is 10.2 Å². The summed E-state index contributed by atoms with van der Waals surface area (Å²) < 4.78 is 12.3. The number of ketones is 1. The van der Waals surface area contributed by atoms with Crippen molar-refractivity contribution >= 4 is 44.8 Å². The Kier molecular flexibility index (Phi) is 4.86. The number of pyridine rings is 1. The molecule has 0 radical (unpaired) electrons. The van der Waals surface area contributed by atoms with Crippen molar-refractivity contribution in [2.75, 3.05) is 11.1 Å². The predicted molar refractivity (Wildman–Crippen MR) is 112 cm³/mol. The van der Waals surface area contributed by atoms with Gasteiger partial charge >= 0.3 is 5.88 Å². The van der Waals surface area contributed by atoms with Crippen LogP contribution in [0.2, 0.25) is 0 Å².